The summed E-state index contributed by atoms with van der Waals surface area (Å²) in [5.41, 5.74) is 1.33. The van der Waals surface area contributed by atoms with Gasteiger partial charge in [-0.1, -0.05) is 12.1 Å². The number of hydrogen-bond acceptors (Lipinski definition) is 4. The lowest BCUT2D eigenvalue weighted by Crippen LogP contribution is -2.52. The Kier molecular flexibility index (Phi) is 6.63. The van der Waals surface area contributed by atoms with Crippen molar-refractivity contribution < 1.29 is 13.6 Å². The van der Waals surface area contributed by atoms with E-state index in [0.717, 1.165) is 31.9 Å². The standard InChI is InChI=1S/C24H25F2N3OS/c1-17(27-24(30)18-4-2-5-20(26)16-18)23(22-6-3-15-31-22)29-13-11-28(12-14-29)21-9-7-19(25)8-10-21/h2-10,15-17,23H,11-14H2,1H3,(H,27,30)/t17-,23-/m0/s1. The van der Waals surface area contributed by atoms with Crippen molar-refractivity contribution >= 4 is 22.9 Å². The lowest BCUT2D eigenvalue weighted by Gasteiger charge is -2.42. The van der Waals surface area contributed by atoms with Crippen molar-refractivity contribution in [3.8, 4) is 0 Å². The molecule has 1 fully saturated rings. The summed E-state index contributed by atoms with van der Waals surface area (Å²) in [5.74, 6) is -0.937. The number of piperazine rings is 1. The molecule has 0 bridgehead atoms. The van der Waals surface area contributed by atoms with Crippen LogP contribution >= 0.6 is 11.3 Å². The Morgan fingerprint density at radius 2 is 1.71 bits per heavy atom. The van der Waals surface area contributed by atoms with E-state index in [1.165, 1.54) is 29.1 Å². The number of amides is 1. The van der Waals surface area contributed by atoms with E-state index in [0.29, 0.717) is 5.56 Å². The summed E-state index contributed by atoms with van der Waals surface area (Å²) >= 11 is 1.67. The van der Waals surface area contributed by atoms with Crippen LogP contribution in [0.15, 0.2) is 66.0 Å². The lowest BCUT2D eigenvalue weighted by atomic mass is 10.0. The van der Waals surface area contributed by atoms with Gasteiger partial charge in [0.15, 0.2) is 0 Å². The predicted octanol–water partition coefficient (Wildman–Crippen LogP) is 4.71. The summed E-state index contributed by atoms with van der Waals surface area (Å²) in [5, 5.41) is 5.10. The number of carbonyl (C=O) groups excluding carboxylic acids is 1. The van der Waals surface area contributed by atoms with Gasteiger partial charge in [0.25, 0.3) is 5.91 Å². The van der Waals surface area contributed by atoms with Crippen molar-refractivity contribution in [2.24, 2.45) is 0 Å². The summed E-state index contributed by atoms with van der Waals surface area (Å²) in [4.78, 5) is 18.5. The highest BCUT2D eigenvalue weighted by atomic mass is 32.1. The quantitative estimate of drug-likeness (QED) is 0.602. The van der Waals surface area contributed by atoms with Gasteiger partial charge in [0.1, 0.15) is 11.6 Å². The number of hydrogen-bond donors (Lipinski definition) is 1. The monoisotopic (exact) mass is 441 g/mol. The zero-order valence-electron chi connectivity index (χ0n) is 17.3. The van der Waals surface area contributed by atoms with Gasteiger partial charge in [-0.3, -0.25) is 9.69 Å². The summed E-state index contributed by atoms with van der Waals surface area (Å²) in [6, 6.07) is 16.3. The van der Waals surface area contributed by atoms with Crippen LogP contribution in [-0.2, 0) is 0 Å². The van der Waals surface area contributed by atoms with E-state index in [1.807, 2.05) is 30.5 Å². The molecule has 1 amide bonds. The zero-order chi connectivity index (χ0) is 21.8. The minimum absolute atomic E-state index is 0.0212. The van der Waals surface area contributed by atoms with Crippen molar-refractivity contribution in [3.05, 3.63) is 88.1 Å². The minimum atomic E-state index is -0.424. The van der Waals surface area contributed by atoms with Crippen LogP contribution in [0.5, 0.6) is 0 Å². The Bertz CT molecular complexity index is 1000. The van der Waals surface area contributed by atoms with E-state index < -0.39 is 5.82 Å². The van der Waals surface area contributed by atoms with Crippen LogP contribution in [0, 0.1) is 11.6 Å². The fourth-order valence-corrected chi connectivity index (χ4v) is 5.08. The molecule has 31 heavy (non-hydrogen) atoms. The number of nitrogens with zero attached hydrogens (tertiary/aromatic N) is 2. The second-order valence-electron chi connectivity index (χ2n) is 7.73. The largest absolute Gasteiger partial charge is 0.369 e. The number of thiophene rings is 1. The molecule has 7 heteroatoms. The van der Waals surface area contributed by atoms with Gasteiger partial charge in [0.05, 0.1) is 6.04 Å². The Morgan fingerprint density at radius 1 is 0.968 bits per heavy atom. The Balaban J connectivity index is 1.46. The van der Waals surface area contributed by atoms with Crippen molar-refractivity contribution in [1.82, 2.24) is 10.2 Å². The summed E-state index contributed by atoms with van der Waals surface area (Å²) in [6.45, 7) is 5.27. The SMILES string of the molecule is C[C@H](NC(=O)c1cccc(F)c1)[C@@H](c1cccs1)N1CCN(c2ccc(F)cc2)CC1. The highest BCUT2D eigenvalue weighted by Crippen LogP contribution is 2.30. The highest BCUT2D eigenvalue weighted by molar-refractivity contribution is 7.10. The van der Waals surface area contributed by atoms with E-state index in [1.54, 1.807) is 23.5 Å². The van der Waals surface area contributed by atoms with Gasteiger partial charge in [-0.25, -0.2) is 8.78 Å². The van der Waals surface area contributed by atoms with Gasteiger partial charge in [-0.2, -0.15) is 0 Å². The van der Waals surface area contributed by atoms with Gasteiger partial charge in [0, 0.05) is 48.3 Å². The summed E-state index contributed by atoms with van der Waals surface area (Å²) in [7, 11) is 0. The molecule has 4 rings (SSSR count). The van der Waals surface area contributed by atoms with Crippen LogP contribution in [0.4, 0.5) is 14.5 Å². The van der Waals surface area contributed by atoms with Crippen LogP contribution in [0.1, 0.15) is 28.2 Å². The Morgan fingerprint density at radius 3 is 2.35 bits per heavy atom. The highest BCUT2D eigenvalue weighted by Gasteiger charge is 2.31. The first-order valence-corrected chi connectivity index (χ1v) is 11.2. The third-order valence-electron chi connectivity index (χ3n) is 5.65. The maximum absolute atomic E-state index is 13.5. The number of anilines is 1. The molecular weight excluding hydrogens is 416 g/mol. The molecule has 2 aromatic carbocycles. The maximum Gasteiger partial charge on any atom is 0.251 e. The molecule has 0 aliphatic carbocycles. The molecule has 0 radical (unpaired) electrons. The zero-order valence-corrected chi connectivity index (χ0v) is 18.1. The molecule has 2 atom stereocenters. The normalized spacial score (nSPS) is 16.7. The summed E-state index contributed by atoms with van der Waals surface area (Å²) < 4.78 is 26.8. The average molecular weight is 442 g/mol. The first-order valence-electron chi connectivity index (χ1n) is 10.4. The van der Waals surface area contributed by atoms with Crippen molar-refractivity contribution in [2.45, 2.75) is 19.0 Å². The predicted molar refractivity (Wildman–Crippen MR) is 121 cm³/mol. The van der Waals surface area contributed by atoms with Crippen molar-refractivity contribution in [1.29, 1.82) is 0 Å². The number of halogens is 2. The van der Waals surface area contributed by atoms with E-state index in [9.17, 15) is 13.6 Å². The molecule has 3 aromatic rings. The molecular formula is C24H25F2N3OS. The molecule has 1 aliphatic heterocycles. The molecule has 1 aromatic heterocycles. The number of benzene rings is 2. The van der Waals surface area contributed by atoms with Gasteiger partial charge in [0.2, 0.25) is 0 Å². The molecule has 0 unspecified atom stereocenters. The number of carbonyl (C=O) groups is 1. The second-order valence-corrected chi connectivity index (χ2v) is 8.71. The van der Waals surface area contributed by atoms with Gasteiger partial charge < -0.3 is 10.2 Å². The van der Waals surface area contributed by atoms with E-state index in [-0.39, 0.29) is 23.8 Å². The third-order valence-corrected chi connectivity index (χ3v) is 6.60. The van der Waals surface area contributed by atoms with Crippen LogP contribution < -0.4 is 10.2 Å². The summed E-state index contributed by atoms with van der Waals surface area (Å²) in [6.07, 6.45) is 0. The van der Waals surface area contributed by atoms with Crippen LogP contribution in [0.25, 0.3) is 0 Å². The molecule has 2 heterocycles. The molecule has 4 nitrogen and oxygen atoms in total. The topological polar surface area (TPSA) is 35.6 Å². The third kappa shape index (κ3) is 5.11. The molecule has 1 saturated heterocycles. The lowest BCUT2D eigenvalue weighted by molar-refractivity contribution is 0.0890. The van der Waals surface area contributed by atoms with E-state index >= 15 is 0 Å². The Labute approximate surface area is 185 Å². The smallest absolute Gasteiger partial charge is 0.251 e. The molecule has 0 spiro atoms. The minimum Gasteiger partial charge on any atom is -0.369 e. The van der Waals surface area contributed by atoms with Crippen LogP contribution in [-0.4, -0.2) is 43.0 Å². The van der Waals surface area contributed by atoms with E-state index in [2.05, 4.69) is 21.2 Å². The number of rotatable bonds is 6. The number of nitrogens with one attached hydrogen (secondary N) is 1. The van der Waals surface area contributed by atoms with Crippen LogP contribution in [0.2, 0.25) is 0 Å². The van der Waals surface area contributed by atoms with Crippen molar-refractivity contribution in [3.63, 3.8) is 0 Å². The van der Waals surface area contributed by atoms with E-state index in [4.69, 9.17) is 0 Å². The maximum atomic E-state index is 13.5. The van der Waals surface area contributed by atoms with Gasteiger partial charge >= 0.3 is 0 Å². The van der Waals surface area contributed by atoms with Gasteiger partial charge in [-0.15, -0.1) is 11.3 Å². The fraction of sp³-hybridized carbons (Fsp3) is 0.292. The molecule has 1 N–H and O–H groups in total. The molecule has 1 aliphatic rings. The molecule has 162 valence electrons. The van der Waals surface area contributed by atoms with Gasteiger partial charge in [-0.05, 0) is 60.8 Å². The average Bonchev–Trinajstić information content (AvgIpc) is 3.29. The Hall–Kier alpha value is -2.77. The molecule has 0 saturated carbocycles. The first kappa shape index (κ1) is 21.5. The second kappa shape index (κ2) is 9.58. The van der Waals surface area contributed by atoms with Crippen molar-refractivity contribution in [2.75, 3.05) is 31.1 Å². The van der Waals surface area contributed by atoms with Crippen LogP contribution in [0.3, 0.4) is 0 Å². The first-order chi connectivity index (χ1) is 15.0. The fourth-order valence-electron chi connectivity index (χ4n) is 4.11.